The van der Waals surface area contributed by atoms with Gasteiger partial charge in [-0.2, -0.15) is 0 Å². The van der Waals surface area contributed by atoms with Gasteiger partial charge in [0.2, 0.25) is 0 Å². The number of ether oxygens (including phenoxy) is 2. The van der Waals surface area contributed by atoms with Gasteiger partial charge in [0.1, 0.15) is 17.0 Å². The maximum absolute atomic E-state index is 6.77. The number of benzene rings is 1. The first-order valence-corrected chi connectivity index (χ1v) is 11.6. The topological polar surface area (TPSA) is 69.2 Å². The summed E-state index contributed by atoms with van der Waals surface area (Å²) in [4.78, 5) is 14.1. The summed E-state index contributed by atoms with van der Waals surface area (Å²) in [6.07, 6.45) is 7.08. The van der Waals surface area contributed by atoms with Gasteiger partial charge in [-0.25, -0.2) is 15.0 Å². The second-order valence-electron chi connectivity index (χ2n) is 7.28. The fraction of sp³-hybridized carbons (Fsp3) is 0.409. The predicted molar refractivity (Wildman–Crippen MR) is 123 cm³/mol. The van der Waals surface area contributed by atoms with Crippen molar-refractivity contribution in [3.63, 3.8) is 0 Å². The van der Waals surface area contributed by atoms with E-state index >= 15 is 0 Å². The van der Waals surface area contributed by atoms with Gasteiger partial charge in [-0.15, -0.1) is 0 Å². The summed E-state index contributed by atoms with van der Waals surface area (Å²) >= 11 is 8.29. The Morgan fingerprint density at radius 3 is 2.57 bits per heavy atom. The van der Waals surface area contributed by atoms with E-state index in [0.717, 1.165) is 57.4 Å². The molecule has 0 bridgehead atoms. The molecule has 0 aliphatic heterocycles. The highest BCUT2D eigenvalue weighted by Gasteiger charge is 2.24. The molecular formula is C22H25ClN4O2S. The van der Waals surface area contributed by atoms with Gasteiger partial charge in [-0.1, -0.05) is 30.3 Å². The average Bonchev–Trinajstić information content (AvgIpc) is 3.61. The summed E-state index contributed by atoms with van der Waals surface area (Å²) < 4.78 is 11.1. The summed E-state index contributed by atoms with van der Waals surface area (Å²) in [7, 11) is 3.25. The molecule has 0 saturated heterocycles. The number of halogens is 1. The minimum Gasteiger partial charge on any atom is -0.496 e. The van der Waals surface area contributed by atoms with Crippen LogP contribution in [0.3, 0.4) is 0 Å². The molecule has 2 aromatic heterocycles. The van der Waals surface area contributed by atoms with Crippen molar-refractivity contribution in [3.8, 4) is 22.8 Å². The number of nitrogens with zero attached hydrogens (tertiary/aromatic N) is 3. The first kappa shape index (κ1) is 21.0. The fourth-order valence-electron chi connectivity index (χ4n) is 3.53. The molecule has 1 saturated carbocycles. The zero-order valence-electron chi connectivity index (χ0n) is 17.6. The molecule has 2 heterocycles. The Hall–Kier alpha value is -2.25. The number of anilines is 1. The van der Waals surface area contributed by atoms with Crippen molar-refractivity contribution in [2.24, 2.45) is 5.92 Å². The van der Waals surface area contributed by atoms with Crippen LogP contribution in [0.1, 0.15) is 25.3 Å². The zero-order chi connectivity index (χ0) is 21.3. The molecule has 1 aromatic carbocycles. The molecule has 0 unspecified atom stereocenters. The third-order valence-corrected chi connectivity index (χ3v) is 6.27. The smallest absolute Gasteiger partial charge is 0.187 e. The largest absolute Gasteiger partial charge is 0.496 e. The van der Waals surface area contributed by atoms with Crippen molar-refractivity contribution < 1.29 is 9.47 Å². The van der Waals surface area contributed by atoms with Crippen molar-refractivity contribution in [1.82, 2.24) is 15.0 Å². The fourth-order valence-corrected chi connectivity index (χ4v) is 4.22. The van der Waals surface area contributed by atoms with Gasteiger partial charge >= 0.3 is 0 Å². The minimum absolute atomic E-state index is 0.525. The van der Waals surface area contributed by atoms with Crippen LogP contribution < -0.4 is 14.8 Å². The molecule has 1 aliphatic carbocycles. The van der Waals surface area contributed by atoms with E-state index in [1.54, 1.807) is 14.2 Å². The molecule has 1 aliphatic rings. The van der Waals surface area contributed by atoms with Crippen LogP contribution in [-0.4, -0.2) is 42.0 Å². The third-order valence-electron chi connectivity index (χ3n) is 5.33. The molecule has 158 valence electrons. The van der Waals surface area contributed by atoms with E-state index < -0.39 is 0 Å². The Morgan fingerprint density at radius 1 is 1.17 bits per heavy atom. The molecule has 4 rings (SSSR count). The monoisotopic (exact) mass is 444 g/mol. The zero-order valence-corrected chi connectivity index (χ0v) is 19.2. The Bertz CT molecular complexity index is 1090. The lowest BCUT2D eigenvalue weighted by atomic mass is 9.99. The minimum atomic E-state index is 0.525. The Labute approximate surface area is 185 Å². The number of hydrogen-bond acceptors (Lipinski definition) is 7. The van der Waals surface area contributed by atoms with Crippen molar-refractivity contribution >= 4 is 40.1 Å². The van der Waals surface area contributed by atoms with Gasteiger partial charge < -0.3 is 14.8 Å². The summed E-state index contributed by atoms with van der Waals surface area (Å²) in [6.45, 7) is 2.96. The van der Waals surface area contributed by atoms with E-state index in [-0.39, 0.29) is 0 Å². The number of rotatable bonds is 8. The molecule has 1 N–H and O–H groups in total. The summed E-state index contributed by atoms with van der Waals surface area (Å²) in [6, 6.07) is 3.81. The Morgan fingerprint density at radius 2 is 1.93 bits per heavy atom. The number of hydrogen-bond donors (Lipinski definition) is 1. The lowest BCUT2D eigenvalue weighted by Crippen LogP contribution is -2.08. The van der Waals surface area contributed by atoms with Crippen molar-refractivity contribution in [2.45, 2.75) is 31.3 Å². The molecule has 1 fully saturated rings. The van der Waals surface area contributed by atoms with E-state index in [2.05, 4.69) is 17.2 Å². The van der Waals surface area contributed by atoms with Crippen LogP contribution in [0.25, 0.3) is 22.2 Å². The van der Waals surface area contributed by atoms with Gasteiger partial charge in [0.05, 0.1) is 24.9 Å². The SMILES string of the molecule is CCc1c(OC)cc(OC)c(Cl)c1-c1cc2cnc(SC)nc2c(NCC2CC2)n1. The van der Waals surface area contributed by atoms with Crippen LogP contribution in [0.5, 0.6) is 11.5 Å². The van der Waals surface area contributed by atoms with Crippen LogP contribution in [0.15, 0.2) is 23.5 Å². The third kappa shape index (κ3) is 4.01. The second kappa shape index (κ2) is 8.86. The molecule has 8 heteroatoms. The van der Waals surface area contributed by atoms with Gasteiger partial charge in [-0.3, -0.25) is 0 Å². The number of thioether (sulfide) groups is 1. The number of nitrogens with one attached hydrogen (secondary N) is 1. The lowest BCUT2D eigenvalue weighted by molar-refractivity contribution is 0.392. The second-order valence-corrected chi connectivity index (χ2v) is 8.43. The molecule has 0 spiro atoms. The first-order chi connectivity index (χ1) is 14.6. The highest BCUT2D eigenvalue weighted by Crippen LogP contribution is 2.44. The van der Waals surface area contributed by atoms with Crippen LogP contribution in [0.2, 0.25) is 5.02 Å². The molecular weight excluding hydrogens is 420 g/mol. The summed E-state index contributed by atoms with van der Waals surface area (Å²) in [5.41, 5.74) is 3.38. The number of fused-ring (bicyclic) bond motifs is 1. The standard InChI is InChI=1S/C22H25ClN4O2S/c1-5-14-16(28-2)9-17(29-3)19(23)18(14)15-8-13-11-25-22(30-4)27-20(13)21(26-15)24-10-12-6-7-12/h8-9,11-12H,5-7,10H2,1-4H3,(H,24,26). The Balaban J connectivity index is 1.94. The highest BCUT2D eigenvalue weighted by molar-refractivity contribution is 7.98. The van der Waals surface area contributed by atoms with Gasteiger partial charge in [-0.05, 0) is 37.5 Å². The van der Waals surface area contributed by atoms with Crippen molar-refractivity contribution in [2.75, 3.05) is 32.3 Å². The lowest BCUT2D eigenvalue weighted by Gasteiger charge is -2.18. The molecule has 3 aromatic rings. The molecule has 6 nitrogen and oxygen atoms in total. The normalized spacial score (nSPS) is 13.5. The first-order valence-electron chi connectivity index (χ1n) is 9.98. The Kier molecular flexibility index (Phi) is 6.20. The van der Waals surface area contributed by atoms with Gasteiger partial charge in [0.25, 0.3) is 0 Å². The molecule has 0 radical (unpaired) electrons. The van der Waals surface area contributed by atoms with E-state index in [0.29, 0.717) is 16.7 Å². The van der Waals surface area contributed by atoms with E-state index in [1.807, 2.05) is 24.6 Å². The van der Waals surface area contributed by atoms with Crippen LogP contribution in [0, 0.1) is 5.92 Å². The van der Waals surface area contributed by atoms with Crippen LogP contribution >= 0.6 is 23.4 Å². The van der Waals surface area contributed by atoms with Crippen LogP contribution in [0.4, 0.5) is 5.82 Å². The van der Waals surface area contributed by atoms with E-state index in [1.165, 1.54) is 24.6 Å². The van der Waals surface area contributed by atoms with Crippen molar-refractivity contribution in [3.05, 3.63) is 28.9 Å². The van der Waals surface area contributed by atoms with Crippen LogP contribution in [-0.2, 0) is 6.42 Å². The number of methoxy groups -OCH3 is 2. The summed E-state index contributed by atoms with van der Waals surface area (Å²) in [5.74, 6) is 2.76. The van der Waals surface area contributed by atoms with Gasteiger partial charge in [0, 0.05) is 35.3 Å². The van der Waals surface area contributed by atoms with Gasteiger partial charge in [0.15, 0.2) is 11.0 Å². The van der Waals surface area contributed by atoms with Crippen molar-refractivity contribution in [1.29, 1.82) is 0 Å². The van der Waals surface area contributed by atoms with E-state index in [9.17, 15) is 0 Å². The maximum atomic E-state index is 6.77. The quantitative estimate of drug-likeness (QED) is 0.365. The van der Waals surface area contributed by atoms with E-state index in [4.69, 9.17) is 31.0 Å². The number of aromatic nitrogens is 3. The molecule has 0 atom stereocenters. The summed E-state index contributed by atoms with van der Waals surface area (Å²) in [5, 5.41) is 5.67. The highest BCUT2D eigenvalue weighted by atomic mass is 35.5. The molecule has 30 heavy (non-hydrogen) atoms. The number of pyridine rings is 1. The average molecular weight is 445 g/mol. The predicted octanol–water partition coefficient (Wildman–Crippen LogP) is 5.47. The maximum Gasteiger partial charge on any atom is 0.187 e. The molecule has 0 amide bonds.